The molecular weight excluding hydrogens is 289 g/mol. The van der Waals surface area contributed by atoms with Crippen LogP contribution in [0.15, 0.2) is 0 Å². The van der Waals surface area contributed by atoms with Crippen LogP contribution < -0.4 is 0 Å². The minimum Gasteiger partial charge on any atom is -0.415 e. The Morgan fingerprint density at radius 1 is 1.17 bits per heavy atom. The van der Waals surface area contributed by atoms with Crippen molar-refractivity contribution in [2.24, 2.45) is 5.41 Å². The molecule has 0 saturated heterocycles. The molecule has 0 aromatic carbocycles. The monoisotopic (exact) mass is 308 g/mol. The predicted molar refractivity (Wildman–Crippen MR) is 64.1 cm³/mol. The standard InChI is InChI=1S/C9H19F3O4SSi/c1-8(2,3)7(16-18(4)5)6-15-17(13,14)9(10,11)12/h7,18H,6H2,1-5H3. The molecule has 0 aliphatic carbocycles. The van der Waals surface area contributed by atoms with E-state index >= 15 is 0 Å². The van der Waals surface area contributed by atoms with E-state index in [0.717, 1.165) is 0 Å². The molecule has 0 aliphatic rings. The maximum atomic E-state index is 12.1. The summed E-state index contributed by atoms with van der Waals surface area (Å²) in [5.41, 5.74) is -5.90. The highest BCUT2D eigenvalue weighted by molar-refractivity contribution is 7.87. The summed E-state index contributed by atoms with van der Waals surface area (Å²) in [5.74, 6) is 0. The second-order valence-corrected chi connectivity index (χ2v) is 9.20. The van der Waals surface area contributed by atoms with Crippen molar-refractivity contribution in [1.29, 1.82) is 0 Å². The minimum atomic E-state index is -5.55. The molecule has 9 heteroatoms. The number of hydrogen-bond donors (Lipinski definition) is 0. The zero-order valence-corrected chi connectivity index (χ0v) is 13.0. The fourth-order valence-corrected chi connectivity index (χ4v) is 2.62. The molecule has 110 valence electrons. The molecule has 0 bridgehead atoms. The molecule has 0 amide bonds. The number of alkyl halides is 3. The normalized spacial score (nSPS) is 16.1. The summed E-state index contributed by atoms with van der Waals surface area (Å²) in [5, 5.41) is 0. The maximum Gasteiger partial charge on any atom is 0.523 e. The lowest BCUT2D eigenvalue weighted by molar-refractivity contribution is -0.0584. The number of hydrogen-bond acceptors (Lipinski definition) is 4. The van der Waals surface area contributed by atoms with E-state index in [2.05, 4.69) is 4.18 Å². The first-order chi connectivity index (χ1) is 7.77. The Hall–Kier alpha value is -0.123. The summed E-state index contributed by atoms with van der Waals surface area (Å²) >= 11 is 0. The lowest BCUT2D eigenvalue weighted by atomic mass is 9.90. The summed E-state index contributed by atoms with van der Waals surface area (Å²) in [6, 6.07) is 0. The summed E-state index contributed by atoms with van der Waals surface area (Å²) in [6.07, 6.45) is -0.693. The highest BCUT2D eigenvalue weighted by Gasteiger charge is 2.48. The van der Waals surface area contributed by atoms with Crippen LogP contribution in [0.5, 0.6) is 0 Å². The van der Waals surface area contributed by atoms with Gasteiger partial charge in [-0.05, 0) is 18.5 Å². The SMILES string of the molecule is C[SiH](C)OC(COS(=O)(=O)C(F)(F)F)C(C)(C)C. The van der Waals surface area contributed by atoms with Crippen LogP contribution in [0.4, 0.5) is 13.2 Å². The molecule has 0 fully saturated rings. The van der Waals surface area contributed by atoms with E-state index in [1.807, 2.05) is 13.1 Å². The van der Waals surface area contributed by atoms with Crippen molar-refractivity contribution in [2.45, 2.75) is 45.5 Å². The van der Waals surface area contributed by atoms with Crippen molar-refractivity contribution in [2.75, 3.05) is 6.61 Å². The van der Waals surface area contributed by atoms with E-state index in [1.54, 1.807) is 20.8 Å². The lowest BCUT2D eigenvalue weighted by Gasteiger charge is -2.32. The maximum absolute atomic E-state index is 12.1. The first kappa shape index (κ1) is 17.9. The van der Waals surface area contributed by atoms with Gasteiger partial charge in [-0.2, -0.15) is 21.6 Å². The molecule has 0 aromatic rings. The second kappa shape index (κ2) is 5.89. The van der Waals surface area contributed by atoms with Gasteiger partial charge < -0.3 is 4.43 Å². The number of halogens is 3. The van der Waals surface area contributed by atoms with Crippen LogP contribution in [0.1, 0.15) is 20.8 Å². The van der Waals surface area contributed by atoms with E-state index in [1.165, 1.54) is 0 Å². The molecule has 18 heavy (non-hydrogen) atoms. The van der Waals surface area contributed by atoms with Crippen LogP contribution in [-0.2, 0) is 18.7 Å². The fourth-order valence-electron chi connectivity index (χ4n) is 1.04. The van der Waals surface area contributed by atoms with Gasteiger partial charge in [0.25, 0.3) is 0 Å². The summed E-state index contributed by atoms with van der Waals surface area (Å²) in [7, 11) is -7.07. The van der Waals surface area contributed by atoms with E-state index in [-0.39, 0.29) is 0 Å². The Balaban J connectivity index is 4.75. The Bertz CT molecular complexity index is 359. The van der Waals surface area contributed by atoms with E-state index < -0.39 is 42.8 Å². The van der Waals surface area contributed by atoms with Gasteiger partial charge in [0.2, 0.25) is 0 Å². The van der Waals surface area contributed by atoms with Crippen molar-refractivity contribution in [3.05, 3.63) is 0 Å². The van der Waals surface area contributed by atoms with Crippen LogP contribution in [0.2, 0.25) is 13.1 Å². The molecule has 0 heterocycles. The van der Waals surface area contributed by atoms with Crippen LogP contribution in [0, 0.1) is 5.41 Å². The molecule has 1 atom stereocenters. The Morgan fingerprint density at radius 2 is 1.61 bits per heavy atom. The molecule has 0 N–H and O–H groups in total. The van der Waals surface area contributed by atoms with Gasteiger partial charge in [-0.15, -0.1) is 0 Å². The summed E-state index contributed by atoms with van der Waals surface area (Å²) in [4.78, 5) is 0. The molecule has 0 spiro atoms. The largest absolute Gasteiger partial charge is 0.523 e. The van der Waals surface area contributed by atoms with Gasteiger partial charge in [0, 0.05) is 0 Å². The van der Waals surface area contributed by atoms with Crippen LogP contribution in [-0.4, -0.2) is 35.7 Å². The molecular formula is C9H19F3O4SSi. The molecule has 0 aliphatic heterocycles. The topological polar surface area (TPSA) is 52.6 Å². The summed E-state index contributed by atoms with van der Waals surface area (Å²) < 4.78 is 67.4. The fraction of sp³-hybridized carbons (Fsp3) is 1.00. The number of rotatable bonds is 5. The van der Waals surface area contributed by atoms with Crippen molar-refractivity contribution in [3.8, 4) is 0 Å². The van der Waals surface area contributed by atoms with Crippen molar-refractivity contribution >= 4 is 19.2 Å². The Labute approximate surface area is 107 Å². The van der Waals surface area contributed by atoms with E-state index in [9.17, 15) is 21.6 Å². The molecule has 0 rings (SSSR count). The smallest absolute Gasteiger partial charge is 0.415 e. The van der Waals surface area contributed by atoms with Gasteiger partial charge in [-0.25, -0.2) is 0 Å². The average molecular weight is 308 g/mol. The highest BCUT2D eigenvalue weighted by atomic mass is 32.2. The first-order valence-electron chi connectivity index (χ1n) is 5.38. The molecule has 0 radical (unpaired) electrons. The van der Waals surface area contributed by atoms with Crippen molar-refractivity contribution in [1.82, 2.24) is 0 Å². The average Bonchev–Trinajstić information content (AvgIpc) is 2.07. The highest BCUT2D eigenvalue weighted by Crippen LogP contribution is 2.28. The third kappa shape index (κ3) is 5.68. The Kier molecular flexibility index (Phi) is 5.85. The van der Waals surface area contributed by atoms with Crippen molar-refractivity contribution < 1.29 is 30.2 Å². The second-order valence-electron chi connectivity index (χ2n) is 5.22. The van der Waals surface area contributed by atoms with Gasteiger partial charge in [0.15, 0.2) is 9.04 Å². The third-order valence-electron chi connectivity index (χ3n) is 2.06. The molecule has 4 nitrogen and oxygen atoms in total. The third-order valence-corrected chi connectivity index (χ3v) is 3.95. The molecule has 0 saturated carbocycles. The minimum absolute atomic E-state index is 0.502. The van der Waals surface area contributed by atoms with Gasteiger partial charge in [-0.3, -0.25) is 4.18 Å². The predicted octanol–water partition coefficient (Wildman–Crippen LogP) is 2.27. The quantitative estimate of drug-likeness (QED) is 0.444. The van der Waals surface area contributed by atoms with Crippen LogP contribution in [0.25, 0.3) is 0 Å². The molecule has 1 unspecified atom stereocenters. The lowest BCUT2D eigenvalue weighted by Crippen LogP contribution is -2.39. The van der Waals surface area contributed by atoms with E-state index in [0.29, 0.717) is 0 Å². The molecule has 0 aromatic heterocycles. The van der Waals surface area contributed by atoms with Gasteiger partial charge in [-0.1, -0.05) is 20.8 Å². The summed E-state index contributed by atoms with van der Waals surface area (Å²) in [6.45, 7) is 8.30. The zero-order chi connectivity index (χ0) is 14.8. The first-order valence-corrected chi connectivity index (χ1v) is 9.57. The van der Waals surface area contributed by atoms with Crippen LogP contribution >= 0.6 is 0 Å². The van der Waals surface area contributed by atoms with Crippen molar-refractivity contribution in [3.63, 3.8) is 0 Å². The van der Waals surface area contributed by atoms with E-state index in [4.69, 9.17) is 4.43 Å². The van der Waals surface area contributed by atoms with Gasteiger partial charge >= 0.3 is 15.6 Å². The van der Waals surface area contributed by atoms with Gasteiger partial charge in [0.05, 0.1) is 12.7 Å². The zero-order valence-electron chi connectivity index (χ0n) is 11.0. The Morgan fingerprint density at radius 3 is 1.89 bits per heavy atom. The van der Waals surface area contributed by atoms with Gasteiger partial charge in [0.1, 0.15) is 0 Å². The van der Waals surface area contributed by atoms with Crippen LogP contribution in [0.3, 0.4) is 0 Å².